The van der Waals surface area contributed by atoms with E-state index in [1.807, 2.05) is 12.1 Å². The van der Waals surface area contributed by atoms with Gasteiger partial charge in [0.05, 0.1) is 18.6 Å². The number of benzene rings is 2. The number of aliphatic hydroxyl groups is 1. The molecule has 2 aromatic rings. The Labute approximate surface area is 185 Å². The first-order chi connectivity index (χ1) is 14.8. The first-order valence-electron chi connectivity index (χ1n) is 10.7. The normalized spacial score (nSPS) is 19.0. The van der Waals surface area contributed by atoms with Gasteiger partial charge in [-0.1, -0.05) is 50.2 Å². The van der Waals surface area contributed by atoms with Crippen molar-refractivity contribution in [2.75, 3.05) is 31.8 Å². The van der Waals surface area contributed by atoms with Crippen molar-refractivity contribution in [2.24, 2.45) is 0 Å². The highest BCUT2D eigenvalue weighted by molar-refractivity contribution is 7.91. The summed E-state index contributed by atoms with van der Waals surface area (Å²) < 4.78 is 35.2. The number of ether oxygens (including phenoxy) is 2. The predicted molar refractivity (Wildman–Crippen MR) is 122 cm³/mol. The molecule has 3 rings (SSSR count). The van der Waals surface area contributed by atoms with Crippen LogP contribution in [0.2, 0.25) is 0 Å². The average Bonchev–Trinajstić information content (AvgIpc) is 3.12. The third kappa shape index (κ3) is 6.69. The Morgan fingerprint density at radius 3 is 2.35 bits per heavy atom. The maximum Gasteiger partial charge on any atom is 0.161 e. The van der Waals surface area contributed by atoms with E-state index in [2.05, 4.69) is 43.0 Å². The smallest absolute Gasteiger partial charge is 0.161 e. The molecule has 2 atom stereocenters. The molecule has 0 aliphatic carbocycles. The van der Waals surface area contributed by atoms with Crippen LogP contribution in [0.4, 0.5) is 0 Å². The lowest BCUT2D eigenvalue weighted by molar-refractivity contribution is 0.0517. The summed E-state index contributed by atoms with van der Waals surface area (Å²) in [5.74, 6) is 1.98. The van der Waals surface area contributed by atoms with Gasteiger partial charge in [-0.2, -0.15) is 0 Å². The minimum Gasteiger partial charge on any atom is -0.493 e. The second-order valence-electron chi connectivity index (χ2n) is 8.50. The first kappa shape index (κ1) is 23.6. The summed E-state index contributed by atoms with van der Waals surface area (Å²) in [5.41, 5.74) is 2.37. The van der Waals surface area contributed by atoms with Crippen molar-refractivity contribution in [1.82, 2.24) is 4.90 Å². The number of para-hydroxylation sites is 2. The minimum absolute atomic E-state index is 0.0998. The molecule has 7 heteroatoms. The number of methoxy groups -OCH3 is 1. The summed E-state index contributed by atoms with van der Waals surface area (Å²) in [6.45, 7) is 5.33. The van der Waals surface area contributed by atoms with E-state index in [1.54, 1.807) is 19.2 Å². The molecule has 1 aliphatic rings. The molecule has 0 bridgehead atoms. The van der Waals surface area contributed by atoms with E-state index < -0.39 is 15.9 Å². The second kappa shape index (κ2) is 10.5. The Bertz CT molecular complexity index is 943. The number of sulfone groups is 1. The topological polar surface area (TPSA) is 76.1 Å². The van der Waals surface area contributed by atoms with Gasteiger partial charge in [0.15, 0.2) is 21.3 Å². The van der Waals surface area contributed by atoms with Crippen LogP contribution in [0.5, 0.6) is 11.5 Å². The van der Waals surface area contributed by atoms with Gasteiger partial charge in [-0.05, 0) is 35.6 Å². The van der Waals surface area contributed by atoms with E-state index in [4.69, 9.17) is 9.47 Å². The zero-order valence-electron chi connectivity index (χ0n) is 18.5. The Morgan fingerprint density at radius 1 is 1.10 bits per heavy atom. The van der Waals surface area contributed by atoms with Crippen LogP contribution >= 0.6 is 0 Å². The molecular formula is C24H33NO5S. The van der Waals surface area contributed by atoms with Gasteiger partial charge < -0.3 is 14.6 Å². The van der Waals surface area contributed by atoms with Crippen molar-refractivity contribution in [3.05, 3.63) is 59.7 Å². The van der Waals surface area contributed by atoms with Crippen molar-refractivity contribution >= 4 is 9.84 Å². The van der Waals surface area contributed by atoms with Crippen molar-refractivity contribution in [2.45, 2.75) is 44.9 Å². The molecule has 1 saturated heterocycles. The van der Waals surface area contributed by atoms with E-state index in [0.717, 1.165) is 5.56 Å². The van der Waals surface area contributed by atoms with Gasteiger partial charge >= 0.3 is 0 Å². The van der Waals surface area contributed by atoms with Crippen LogP contribution < -0.4 is 9.47 Å². The monoisotopic (exact) mass is 447 g/mol. The summed E-state index contributed by atoms with van der Waals surface area (Å²) >= 11 is 0. The maximum atomic E-state index is 12.1. The molecule has 2 aromatic carbocycles. The molecular weight excluding hydrogens is 414 g/mol. The number of hydrogen-bond acceptors (Lipinski definition) is 6. The second-order valence-corrected chi connectivity index (χ2v) is 10.7. The van der Waals surface area contributed by atoms with Crippen LogP contribution in [-0.4, -0.2) is 62.3 Å². The molecule has 0 amide bonds. The summed E-state index contributed by atoms with van der Waals surface area (Å²) in [5, 5.41) is 10.7. The molecule has 0 saturated carbocycles. The summed E-state index contributed by atoms with van der Waals surface area (Å²) in [6.07, 6.45) is -0.171. The van der Waals surface area contributed by atoms with Gasteiger partial charge in [-0.15, -0.1) is 0 Å². The fourth-order valence-corrected chi connectivity index (χ4v) is 5.66. The highest BCUT2D eigenvalue weighted by Crippen LogP contribution is 2.26. The van der Waals surface area contributed by atoms with Crippen LogP contribution in [0, 0.1) is 0 Å². The van der Waals surface area contributed by atoms with E-state index in [9.17, 15) is 13.5 Å². The van der Waals surface area contributed by atoms with Crippen LogP contribution in [-0.2, 0) is 16.4 Å². The quantitative estimate of drug-likeness (QED) is 0.603. The lowest BCUT2D eigenvalue weighted by Crippen LogP contribution is -2.42. The molecule has 0 spiro atoms. The number of nitrogens with zero attached hydrogens (tertiary/aromatic N) is 1. The van der Waals surface area contributed by atoms with Gasteiger partial charge in [-0.25, -0.2) is 8.42 Å². The van der Waals surface area contributed by atoms with Crippen molar-refractivity contribution < 1.29 is 23.0 Å². The van der Waals surface area contributed by atoms with Crippen molar-refractivity contribution in [1.29, 1.82) is 0 Å². The molecule has 31 heavy (non-hydrogen) atoms. The molecule has 1 N–H and O–H groups in total. The van der Waals surface area contributed by atoms with Crippen molar-refractivity contribution in [3.8, 4) is 11.5 Å². The fraction of sp³-hybridized carbons (Fsp3) is 0.500. The summed E-state index contributed by atoms with van der Waals surface area (Å²) in [7, 11) is -1.45. The van der Waals surface area contributed by atoms with Crippen LogP contribution in [0.15, 0.2) is 48.5 Å². The molecule has 6 nitrogen and oxygen atoms in total. The highest BCUT2D eigenvalue weighted by Gasteiger charge is 2.33. The lowest BCUT2D eigenvalue weighted by atomic mass is 10.0. The molecule has 170 valence electrons. The molecule has 1 heterocycles. The SMILES string of the molecule is COc1ccccc1OCC(O)CN(Cc1ccc(C(C)C)cc1)C1CCS(=O)(=O)C1. The standard InChI is InChI=1S/C24H33NO5S/c1-18(2)20-10-8-19(9-11-20)14-25(21-12-13-31(27,28)17-21)15-22(26)16-30-24-7-5-4-6-23(24)29-3/h4-11,18,21-22,26H,12-17H2,1-3H3. The zero-order valence-corrected chi connectivity index (χ0v) is 19.3. The minimum atomic E-state index is -3.02. The average molecular weight is 448 g/mol. The fourth-order valence-electron chi connectivity index (χ4n) is 3.90. The number of aliphatic hydroxyl groups excluding tert-OH is 1. The Hall–Kier alpha value is -2.09. The first-order valence-corrected chi connectivity index (χ1v) is 12.6. The van der Waals surface area contributed by atoms with Gasteiger partial charge in [-0.3, -0.25) is 4.90 Å². The van der Waals surface area contributed by atoms with Crippen LogP contribution in [0.25, 0.3) is 0 Å². The zero-order chi connectivity index (χ0) is 22.4. The lowest BCUT2D eigenvalue weighted by Gasteiger charge is -2.30. The van der Waals surface area contributed by atoms with Crippen molar-refractivity contribution in [3.63, 3.8) is 0 Å². The van der Waals surface area contributed by atoms with Gasteiger partial charge in [0.1, 0.15) is 12.7 Å². The number of rotatable bonds is 10. The van der Waals surface area contributed by atoms with Gasteiger partial charge in [0.2, 0.25) is 0 Å². The summed E-state index contributed by atoms with van der Waals surface area (Å²) in [4.78, 5) is 2.07. The molecule has 1 fully saturated rings. The largest absolute Gasteiger partial charge is 0.493 e. The Morgan fingerprint density at radius 2 is 1.77 bits per heavy atom. The number of hydrogen-bond donors (Lipinski definition) is 1. The Kier molecular flexibility index (Phi) is 7.97. The maximum absolute atomic E-state index is 12.1. The molecule has 2 unspecified atom stereocenters. The van der Waals surface area contributed by atoms with Gasteiger partial charge in [0.25, 0.3) is 0 Å². The third-order valence-corrected chi connectivity index (χ3v) is 7.45. The van der Waals surface area contributed by atoms with Crippen LogP contribution in [0.3, 0.4) is 0 Å². The van der Waals surface area contributed by atoms with Crippen LogP contribution in [0.1, 0.15) is 37.3 Å². The molecule has 0 aromatic heterocycles. The van der Waals surface area contributed by atoms with E-state index in [1.165, 1.54) is 5.56 Å². The predicted octanol–water partition coefficient (Wildman–Crippen LogP) is 3.25. The summed E-state index contributed by atoms with van der Waals surface area (Å²) in [6, 6.07) is 15.6. The van der Waals surface area contributed by atoms with Gasteiger partial charge in [0, 0.05) is 19.1 Å². The third-order valence-electron chi connectivity index (χ3n) is 5.70. The Balaban J connectivity index is 1.67. The molecule has 0 radical (unpaired) electrons. The molecule has 1 aliphatic heterocycles. The van der Waals surface area contributed by atoms with E-state index in [-0.39, 0.29) is 24.2 Å². The highest BCUT2D eigenvalue weighted by atomic mass is 32.2. The van der Waals surface area contributed by atoms with E-state index in [0.29, 0.717) is 36.9 Å². The van der Waals surface area contributed by atoms with E-state index >= 15 is 0 Å².